The molecule has 6 heteroatoms. The van der Waals surface area contributed by atoms with Crippen LogP contribution in [-0.2, 0) is 0 Å². The molecule has 1 aromatic heterocycles. The van der Waals surface area contributed by atoms with E-state index < -0.39 is 5.82 Å². The number of piperidine rings is 1. The van der Waals surface area contributed by atoms with Crippen molar-refractivity contribution in [1.29, 1.82) is 0 Å². The Morgan fingerprint density at radius 3 is 3.00 bits per heavy atom. The second-order valence-corrected chi connectivity index (χ2v) is 5.02. The van der Waals surface area contributed by atoms with E-state index >= 15 is 0 Å². The van der Waals surface area contributed by atoms with Gasteiger partial charge in [0.2, 0.25) is 0 Å². The molecule has 1 aromatic rings. The van der Waals surface area contributed by atoms with Crippen LogP contribution in [0, 0.1) is 11.7 Å². The first-order chi connectivity index (χ1) is 9.06. The van der Waals surface area contributed by atoms with E-state index in [1.165, 1.54) is 12.3 Å². The lowest BCUT2D eigenvalue weighted by molar-refractivity contribution is 0.0546. The molecule has 1 aliphatic rings. The molecule has 0 saturated carbocycles. The van der Waals surface area contributed by atoms with Gasteiger partial charge < -0.3 is 10.3 Å². The molecule has 104 valence electrons. The number of rotatable bonds is 2. The zero-order valence-corrected chi connectivity index (χ0v) is 11.2. The quantitative estimate of drug-likeness (QED) is 0.632. The summed E-state index contributed by atoms with van der Waals surface area (Å²) in [5.41, 5.74) is 2.17. The summed E-state index contributed by atoms with van der Waals surface area (Å²) in [4.78, 5) is 17.9. The summed E-state index contributed by atoms with van der Waals surface area (Å²) in [6.45, 7) is 4.78. The summed E-state index contributed by atoms with van der Waals surface area (Å²) in [7, 11) is 0. The first kappa shape index (κ1) is 13.7. The number of nitrogen functional groups attached to an aromatic ring is 1. The highest BCUT2D eigenvalue weighted by Crippen LogP contribution is 2.25. The van der Waals surface area contributed by atoms with Gasteiger partial charge in [0, 0.05) is 18.8 Å². The van der Waals surface area contributed by atoms with Crippen molar-refractivity contribution in [2.45, 2.75) is 32.7 Å². The lowest BCUT2D eigenvalue weighted by Gasteiger charge is -2.38. The number of carbonyl (C=O) groups is 1. The van der Waals surface area contributed by atoms with Crippen molar-refractivity contribution in [2.75, 3.05) is 12.0 Å². The fourth-order valence-electron chi connectivity index (χ4n) is 2.49. The van der Waals surface area contributed by atoms with Gasteiger partial charge in [-0.05, 0) is 31.7 Å². The summed E-state index contributed by atoms with van der Waals surface area (Å²) in [6.07, 6.45) is 3.43. The number of halogens is 1. The fourth-order valence-corrected chi connectivity index (χ4v) is 2.49. The number of anilines is 1. The van der Waals surface area contributed by atoms with Gasteiger partial charge >= 0.3 is 0 Å². The van der Waals surface area contributed by atoms with E-state index in [4.69, 9.17) is 5.84 Å². The van der Waals surface area contributed by atoms with Gasteiger partial charge in [0.05, 0.1) is 5.56 Å². The number of pyridine rings is 1. The Bertz CT molecular complexity index is 480. The number of likely N-dealkylation sites (tertiary alicyclic amines) is 1. The fraction of sp³-hybridized carbons (Fsp3) is 0.538. The molecule has 5 nitrogen and oxygen atoms in total. The first-order valence-electron chi connectivity index (χ1n) is 6.48. The topological polar surface area (TPSA) is 71.2 Å². The Morgan fingerprint density at radius 2 is 2.32 bits per heavy atom. The van der Waals surface area contributed by atoms with E-state index in [0.717, 1.165) is 12.8 Å². The van der Waals surface area contributed by atoms with Gasteiger partial charge in [-0.3, -0.25) is 4.79 Å². The Balaban J connectivity index is 2.29. The second-order valence-electron chi connectivity index (χ2n) is 5.02. The molecule has 2 rings (SSSR count). The minimum Gasteiger partial charge on any atom is -0.336 e. The monoisotopic (exact) mass is 266 g/mol. The van der Waals surface area contributed by atoms with Crippen LogP contribution in [0.25, 0.3) is 0 Å². The third-order valence-corrected chi connectivity index (χ3v) is 3.89. The van der Waals surface area contributed by atoms with E-state index in [2.05, 4.69) is 17.3 Å². The van der Waals surface area contributed by atoms with Crippen LogP contribution >= 0.6 is 0 Å². The van der Waals surface area contributed by atoms with E-state index in [9.17, 15) is 9.18 Å². The number of aromatic nitrogens is 1. The number of nitrogens with one attached hydrogen (secondary N) is 1. The van der Waals surface area contributed by atoms with Crippen molar-refractivity contribution in [2.24, 2.45) is 11.8 Å². The number of hydrogen-bond donors (Lipinski definition) is 2. The van der Waals surface area contributed by atoms with Gasteiger partial charge in [0.25, 0.3) is 5.91 Å². The van der Waals surface area contributed by atoms with Crippen molar-refractivity contribution >= 4 is 11.7 Å². The maximum Gasteiger partial charge on any atom is 0.257 e. The zero-order valence-electron chi connectivity index (χ0n) is 11.2. The van der Waals surface area contributed by atoms with Gasteiger partial charge in [-0.15, -0.1) is 0 Å². The number of nitrogens with zero attached hydrogens (tertiary/aromatic N) is 2. The number of hydrogen-bond acceptors (Lipinski definition) is 4. The summed E-state index contributed by atoms with van der Waals surface area (Å²) in [5.74, 6) is 4.50. The number of nitrogens with two attached hydrogens (primary N) is 1. The SMILES string of the molecule is CC1CCCN(C(=O)c2ccnc(NN)c2F)C1C. The van der Waals surface area contributed by atoms with Crippen molar-refractivity contribution in [3.05, 3.63) is 23.6 Å². The predicted octanol–water partition coefficient (Wildman–Crippen LogP) is 1.77. The average molecular weight is 266 g/mol. The number of hydrazine groups is 1. The molecule has 1 saturated heterocycles. The normalized spacial score (nSPS) is 23.3. The molecule has 2 unspecified atom stereocenters. The largest absolute Gasteiger partial charge is 0.336 e. The van der Waals surface area contributed by atoms with Crippen molar-refractivity contribution in [3.63, 3.8) is 0 Å². The van der Waals surface area contributed by atoms with E-state index in [0.29, 0.717) is 12.5 Å². The molecule has 1 fully saturated rings. The minimum atomic E-state index is -0.694. The first-order valence-corrected chi connectivity index (χ1v) is 6.48. The molecule has 0 aromatic carbocycles. The summed E-state index contributed by atoms with van der Waals surface area (Å²) >= 11 is 0. The van der Waals surface area contributed by atoms with Crippen LogP contribution in [0.4, 0.5) is 10.2 Å². The minimum absolute atomic E-state index is 0.0175. The smallest absolute Gasteiger partial charge is 0.257 e. The van der Waals surface area contributed by atoms with Crippen LogP contribution in [0.3, 0.4) is 0 Å². The van der Waals surface area contributed by atoms with Crippen LogP contribution in [0.1, 0.15) is 37.0 Å². The Labute approximate surface area is 112 Å². The van der Waals surface area contributed by atoms with E-state index in [1.54, 1.807) is 4.90 Å². The standard InChI is InChI=1S/C13H19FN4O/c1-8-4-3-7-18(9(8)2)13(19)10-5-6-16-12(17-15)11(10)14/h5-6,8-9H,3-4,7,15H2,1-2H3,(H,16,17). The van der Waals surface area contributed by atoms with E-state index in [1.807, 2.05) is 6.92 Å². The van der Waals surface area contributed by atoms with Crippen LogP contribution in [-0.4, -0.2) is 28.4 Å². The molecule has 3 N–H and O–H groups in total. The zero-order chi connectivity index (χ0) is 14.0. The van der Waals surface area contributed by atoms with Crippen LogP contribution in [0.15, 0.2) is 12.3 Å². The molecule has 1 aliphatic heterocycles. The third-order valence-electron chi connectivity index (χ3n) is 3.89. The number of amides is 1. The molecule has 1 amide bonds. The van der Waals surface area contributed by atoms with Gasteiger partial charge in [0.1, 0.15) is 0 Å². The maximum atomic E-state index is 14.1. The Hall–Kier alpha value is -1.69. The molecule has 2 heterocycles. The molecule has 19 heavy (non-hydrogen) atoms. The molecule has 2 atom stereocenters. The van der Waals surface area contributed by atoms with Crippen molar-refractivity contribution < 1.29 is 9.18 Å². The summed E-state index contributed by atoms with van der Waals surface area (Å²) in [5, 5.41) is 0. The van der Waals surface area contributed by atoms with Crippen LogP contribution in [0.2, 0.25) is 0 Å². The Morgan fingerprint density at radius 1 is 1.58 bits per heavy atom. The van der Waals surface area contributed by atoms with Gasteiger partial charge in [0.15, 0.2) is 11.6 Å². The lowest BCUT2D eigenvalue weighted by atomic mass is 9.91. The van der Waals surface area contributed by atoms with Gasteiger partial charge in [-0.2, -0.15) is 0 Å². The van der Waals surface area contributed by atoms with Gasteiger partial charge in [-0.25, -0.2) is 15.2 Å². The highest BCUT2D eigenvalue weighted by Gasteiger charge is 2.30. The predicted molar refractivity (Wildman–Crippen MR) is 70.9 cm³/mol. The summed E-state index contributed by atoms with van der Waals surface area (Å²) in [6, 6.07) is 1.51. The molecule has 0 spiro atoms. The molecular formula is C13H19FN4O. The molecule has 0 radical (unpaired) electrons. The Kier molecular flexibility index (Phi) is 3.99. The maximum absolute atomic E-state index is 14.1. The summed E-state index contributed by atoms with van der Waals surface area (Å²) < 4.78 is 14.1. The van der Waals surface area contributed by atoms with Gasteiger partial charge in [-0.1, -0.05) is 6.92 Å². The third kappa shape index (κ3) is 2.53. The molecule has 0 aliphatic carbocycles. The lowest BCUT2D eigenvalue weighted by Crippen LogP contribution is -2.46. The highest BCUT2D eigenvalue weighted by molar-refractivity contribution is 5.95. The number of carbonyl (C=O) groups excluding carboxylic acids is 1. The second kappa shape index (κ2) is 5.52. The highest BCUT2D eigenvalue weighted by atomic mass is 19.1. The molecule has 0 bridgehead atoms. The van der Waals surface area contributed by atoms with Crippen molar-refractivity contribution in [1.82, 2.24) is 9.88 Å². The van der Waals surface area contributed by atoms with E-state index in [-0.39, 0.29) is 23.3 Å². The molecular weight excluding hydrogens is 247 g/mol. The average Bonchev–Trinajstić information content (AvgIpc) is 2.41. The van der Waals surface area contributed by atoms with Crippen LogP contribution in [0.5, 0.6) is 0 Å². The van der Waals surface area contributed by atoms with Crippen molar-refractivity contribution in [3.8, 4) is 0 Å². The van der Waals surface area contributed by atoms with Crippen LogP contribution < -0.4 is 11.3 Å².